The van der Waals surface area contributed by atoms with Gasteiger partial charge in [-0.2, -0.15) is 4.98 Å². The van der Waals surface area contributed by atoms with E-state index in [1.165, 1.54) is 25.7 Å². The molecule has 5 nitrogen and oxygen atoms in total. The van der Waals surface area contributed by atoms with E-state index in [4.69, 9.17) is 10.3 Å². The summed E-state index contributed by atoms with van der Waals surface area (Å²) in [6, 6.07) is 1.68. The van der Waals surface area contributed by atoms with Gasteiger partial charge >= 0.3 is 0 Å². The zero-order valence-corrected chi connectivity index (χ0v) is 10.6. The topological polar surface area (TPSA) is 68.2 Å². The van der Waals surface area contributed by atoms with Crippen molar-refractivity contribution in [3.05, 3.63) is 11.7 Å². The van der Waals surface area contributed by atoms with Crippen molar-refractivity contribution in [3.63, 3.8) is 0 Å². The number of nitrogens with two attached hydrogens (primary N) is 1. The Labute approximate surface area is 107 Å². The molecule has 1 aromatic rings. The molecule has 2 aliphatic heterocycles. The Morgan fingerprint density at radius 3 is 2.56 bits per heavy atom. The van der Waals surface area contributed by atoms with Crippen molar-refractivity contribution in [1.29, 1.82) is 0 Å². The fourth-order valence-electron chi connectivity index (χ4n) is 3.57. The molecule has 3 fully saturated rings. The first-order valence-electron chi connectivity index (χ1n) is 7.13. The van der Waals surface area contributed by atoms with Gasteiger partial charge in [0, 0.05) is 24.0 Å². The molecule has 0 spiro atoms. The maximum absolute atomic E-state index is 6.09. The molecule has 3 heterocycles. The fraction of sp³-hybridized carbons (Fsp3) is 0.846. The lowest BCUT2D eigenvalue weighted by atomic mass is 9.98. The Kier molecular flexibility index (Phi) is 2.45. The van der Waals surface area contributed by atoms with Gasteiger partial charge in [-0.05, 0) is 38.5 Å². The van der Waals surface area contributed by atoms with Crippen LogP contribution < -0.4 is 5.73 Å². The molecule has 4 rings (SSSR count). The van der Waals surface area contributed by atoms with Crippen molar-refractivity contribution >= 4 is 0 Å². The monoisotopic (exact) mass is 248 g/mol. The quantitative estimate of drug-likeness (QED) is 0.875. The van der Waals surface area contributed by atoms with E-state index in [-0.39, 0.29) is 0 Å². The van der Waals surface area contributed by atoms with Crippen molar-refractivity contribution in [2.75, 3.05) is 0 Å². The molecule has 2 atom stereocenters. The predicted molar refractivity (Wildman–Crippen MR) is 65.8 cm³/mol. The van der Waals surface area contributed by atoms with Crippen molar-refractivity contribution in [2.24, 2.45) is 5.73 Å². The summed E-state index contributed by atoms with van der Waals surface area (Å²) < 4.78 is 5.33. The molecule has 3 aliphatic rings. The van der Waals surface area contributed by atoms with Gasteiger partial charge in [0.1, 0.15) is 0 Å². The minimum Gasteiger partial charge on any atom is -0.339 e. The van der Waals surface area contributed by atoms with Crippen LogP contribution in [0, 0.1) is 0 Å². The fourth-order valence-corrected chi connectivity index (χ4v) is 3.57. The third kappa shape index (κ3) is 1.86. The van der Waals surface area contributed by atoms with Gasteiger partial charge in [-0.25, -0.2) is 0 Å². The molecule has 2 unspecified atom stereocenters. The lowest BCUT2D eigenvalue weighted by Gasteiger charge is -2.36. The number of aromatic nitrogens is 2. The zero-order chi connectivity index (χ0) is 12.1. The molecule has 18 heavy (non-hydrogen) atoms. The van der Waals surface area contributed by atoms with Crippen LogP contribution in [0.3, 0.4) is 0 Å². The predicted octanol–water partition coefficient (Wildman–Crippen LogP) is 1.40. The van der Waals surface area contributed by atoms with Gasteiger partial charge in [0.2, 0.25) is 5.89 Å². The number of rotatable bonds is 3. The molecule has 98 valence electrons. The summed E-state index contributed by atoms with van der Waals surface area (Å²) in [6.07, 6.45) is 7.25. The van der Waals surface area contributed by atoms with Gasteiger partial charge in [0.05, 0.1) is 6.54 Å². The van der Waals surface area contributed by atoms with Crippen LogP contribution in [0.15, 0.2) is 4.52 Å². The van der Waals surface area contributed by atoms with Gasteiger partial charge in [0.15, 0.2) is 5.82 Å². The molecule has 2 N–H and O–H groups in total. The summed E-state index contributed by atoms with van der Waals surface area (Å²) in [5.74, 6) is 2.27. The standard InChI is InChI=1S/C13H20N4O/c14-9-5-10-3-4-11(6-9)17(10)7-12-15-13(18-16-12)8-1-2-8/h8-11H,1-7,14H2. The van der Waals surface area contributed by atoms with E-state index >= 15 is 0 Å². The molecule has 5 heteroatoms. The summed E-state index contributed by atoms with van der Waals surface area (Å²) in [7, 11) is 0. The second-order valence-corrected chi connectivity index (χ2v) is 6.11. The van der Waals surface area contributed by atoms with E-state index in [0.29, 0.717) is 24.0 Å². The van der Waals surface area contributed by atoms with Crippen molar-refractivity contribution in [2.45, 2.75) is 69.1 Å². The molecule has 0 radical (unpaired) electrons. The number of nitrogens with zero attached hydrogens (tertiary/aromatic N) is 3. The minimum absolute atomic E-state index is 0.394. The third-order valence-corrected chi connectivity index (χ3v) is 4.66. The van der Waals surface area contributed by atoms with Gasteiger partial charge in [0.25, 0.3) is 0 Å². The highest BCUT2D eigenvalue weighted by Gasteiger charge is 2.40. The average Bonchev–Trinajstić information content (AvgIpc) is 3.05. The molecule has 2 bridgehead atoms. The first-order valence-corrected chi connectivity index (χ1v) is 7.13. The molecule has 0 amide bonds. The highest BCUT2D eigenvalue weighted by Crippen LogP contribution is 2.39. The maximum atomic E-state index is 6.09. The summed E-state index contributed by atoms with van der Waals surface area (Å²) in [4.78, 5) is 7.08. The van der Waals surface area contributed by atoms with Crippen LogP contribution in [0.4, 0.5) is 0 Å². The van der Waals surface area contributed by atoms with E-state index < -0.39 is 0 Å². The summed E-state index contributed by atoms with van der Waals surface area (Å²) in [5.41, 5.74) is 6.09. The van der Waals surface area contributed by atoms with Gasteiger partial charge in [-0.1, -0.05) is 5.16 Å². The average molecular weight is 248 g/mol. The molecule has 2 saturated heterocycles. The van der Waals surface area contributed by atoms with E-state index in [1.54, 1.807) is 0 Å². The lowest BCUT2D eigenvalue weighted by Crippen LogP contribution is -2.46. The SMILES string of the molecule is NC1CC2CCC(C1)N2Cc1noc(C2CC2)n1. The van der Waals surface area contributed by atoms with E-state index in [0.717, 1.165) is 31.1 Å². The number of fused-ring (bicyclic) bond motifs is 2. The Morgan fingerprint density at radius 1 is 1.17 bits per heavy atom. The van der Waals surface area contributed by atoms with Crippen LogP contribution in [-0.4, -0.2) is 33.2 Å². The Hall–Kier alpha value is -0.940. The van der Waals surface area contributed by atoms with Gasteiger partial charge in [-0.3, -0.25) is 4.90 Å². The van der Waals surface area contributed by atoms with E-state index in [1.807, 2.05) is 0 Å². The van der Waals surface area contributed by atoms with Crippen molar-refractivity contribution in [1.82, 2.24) is 15.0 Å². The highest BCUT2D eigenvalue weighted by atomic mass is 16.5. The third-order valence-electron chi connectivity index (χ3n) is 4.66. The molecule has 1 aromatic heterocycles. The summed E-state index contributed by atoms with van der Waals surface area (Å²) >= 11 is 0. The van der Waals surface area contributed by atoms with Crippen molar-refractivity contribution in [3.8, 4) is 0 Å². The van der Waals surface area contributed by atoms with Crippen LogP contribution in [0.1, 0.15) is 56.2 Å². The molecule has 1 aliphatic carbocycles. The molecule has 0 aromatic carbocycles. The maximum Gasteiger partial charge on any atom is 0.229 e. The van der Waals surface area contributed by atoms with E-state index in [2.05, 4.69) is 15.0 Å². The minimum atomic E-state index is 0.394. The Morgan fingerprint density at radius 2 is 1.89 bits per heavy atom. The first kappa shape index (κ1) is 10.9. The molecule has 1 saturated carbocycles. The lowest BCUT2D eigenvalue weighted by molar-refractivity contribution is 0.115. The normalized spacial score (nSPS) is 36.2. The van der Waals surface area contributed by atoms with Gasteiger partial charge in [-0.15, -0.1) is 0 Å². The Bertz CT molecular complexity index is 428. The zero-order valence-electron chi connectivity index (χ0n) is 10.6. The van der Waals surface area contributed by atoms with Gasteiger partial charge < -0.3 is 10.3 Å². The second-order valence-electron chi connectivity index (χ2n) is 6.11. The van der Waals surface area contributed by atoms with Crippen molar-refractivity contribution < 1.29 is 4.52 Å². The highest BCUT2D eigenvalue weighted by molar-refractivity contribution is 5.03. The van der Waals surface area contributed by atoms with Crippen LogP contribution in [-0.2, 0) is 6.54 Å². The number of hydrogen-bond donors (Lipinski definition) is 1. The van der Waals surface area contributed by atoms with Crippen LogP contribution in [0.2, 0.25) is 0 Å². The van der Waals surface area contributed by atoms with Crippen LogP contribution in [0.5, 0.6) is 0 Å². The van der Waals surface area contributed by atoms with Crippen LogP contribution in [0.25, 0.3) is 0 Å². The number of piperidine rings is 1. The molecular weight excluding hydrogens is 228 g/mol. The Balaban J connectivity index is 1.47. The number of hydrogen-bond acceptors (Lipinski definition) is 5. The summed E-state index contributed by atoms with van der Waals surface area (Å²) in [6.45, 7) is 0.846. The molecular formula is C13H20N4O. The summed E-state index contributed by atoms with van der Waals surface area (Å²) in [5, 5.41) is 4.13. The largest absolute Gasteiger partial charge is 0.339 e. The smallest absolute Gasteiger partial charge is 0.229 e. The first-order chi connectivity index (χ1) is 8.79. The van der Waals surface area contributed by atoms with Crippen LogP contribution >= 0.6 is 0 Å². The second kappa shape index (κ2) is 4.03. The van der Waals surface area contributed by atoms with E-state index in [9.17, 15) is 0 Å².